The molecule has 0 bridgehead atoms. The Morgan fingerprint density at radius 3 is 2.89 bits per heavy atom. The Kier molecular flexibility index (Phi) is 4.51. The van der Waals surface area contributed by atoms with Crippen LogP contribution in [0.1, 0.15) is 55.7 Å². The van der Waals surface area contributed by atoms with Gasteiger partial charge in [0.25, 0.3) is 0 Å². The van der Waals surface area contributed by atoms with Gasteiger partial charge in [0, 0.05) is 18.2 Å². The van der Waals surface area contributed by atoms with Crippen molar-refractivity contribution in [3.05, 3.63) is 17.5 Å². The number of carbonyl (C=O) groups is 1. The number of aromatic nitrogens is 2. The van der Waals surface area contributed by atoms with Crippen LogP contribution in [0.2, 0.25) is 0 Å². The summed E-state index contributed by atoms with van der Waals surface area (Å²) in [6, 6.07) is 1.81. The van der Waals surface area contributed by atoms with Crippen LogP contribution in [-0.4, -0.2) is 22.3 Å². The number of ketones is 1. The highest BCUT2D eigenvalue weighted by Gasteiger charge is 2.27. The molecule has 1 aromatic rings. The van der Waals surface area contributed by atoms with Gasteiger partial charge in [0.2, 0.25) is 5.95 Å². The molecule has 1 N–H and O–H groups in total. The van der Waals surface area contributed by atoms with E-state index in [0.29, 0.717) is 17.6 Å². The van der Waals surface area contributed by atoms with Crippen LogP contribution in [0, 0.1) is 18.8 Å². The normalized spacial score (nSPS) is 23.1. The van der Waals surface area contributed by atoms with Crippen LogP contribution in [0.15, 0.2) is 6.07 Å². The molecule has 1 saturated carbocycles. The van der Waals surface area contributed by atoms with Gasteiger partial charge in [-0.3, -0.25) is 4.79 Å². The molecular weight excluding hydrogens is 238 g/mol. The summed E-state index contributed by atoms with van der Waals surface area (Å²) in [5.41, 5.74) is 1.42. The summed E-state index contributed by atoms with van der Waals surface area (Å²) in [5.74, 6) is 1.55. The van der Waals surface area contributed by atoms with Crippen LogP contribution < -0.4 is 5.32 Å². The number of Topliss-reactive ketones (excluding diaryl/α,β-unsaturated/α-hetero) is 1. The Hall–Kier alpha value is -1.45. The minimum atomic E-state index is 0.146. The van der Waals surface area contributed by atoms with Crippen LogP contribution in [0.25, 0.3) is 0 Å². The first kappa shape index (κ1) is 14.0. The molecule has 0 spiro atoms. The van der Waals surface area contributed by atoms with Gasteiger partial charge >= 0.3 is 0 Å². The molecule has 104 valence electrons. The summed E-state index contributed by atoms with van der Waals surface area (Å²) in [4.78, 5) is 21.2. The summed E-state index contributed by atoms with van der Waals surface area (Å²) in [6.07, 6.45) is 4.40. The first-order valence-corrected chi connectivity index (χ1v) is 7.24. The molecule has 4 nitrogen and oxygen atoms in total. The Morgan fingerprint density at radius 2 is 2.21 bits per heavy atom. The lowest BCUT2D eigenvalue weighted by atomic mass is 9.79. The van der Waals surface area contributed by atoms with Crippen LogP contribution >= 0.6 is 0 Å². The van der Waals surface area contributed by atoms with Gasteiger partial charge in [-0.1, -0.05) is 19.8 Å². The number of aryl methyl sites for hydroxylation is 1. The summed E-state index contributed by atoms with van der Waals surface area (Å²) in [5, 5.41) is 3.08. The average Bonchev–Trinajstić information content (AvgIpc) is 2.37. The van der Waals surface area contributed by atoms with E-state index in [1.807, 2.05) is 19.9 Å². The Bertz CT molecular complexity index is 459. The van der Waals surface area contributed by atoms with Crippen molar-refractivity contribution in [2.45, 2.75) is 46.5 Å². The Balaban J connectivity index is 2.18. The third-order valence-electron chi connectivity index (χ3n) is 3.75. The summed E-state index contributed by atoms with van der Waals surface area (Å²) in [7, 11) is 0. The van der Waals surface area contributed by atoms with Crippen molar-refractivity contribution >= 4 is 11.7 Å². The number of nitrogens with zero attached hydrogens (tertiary/aromatic N) is 2. The van der Waals surface area contributed by atoms with Crippen molar-refractivity contribution in [1.82, 2.24) is 9.97 Å². The molecule has 0 amide bonds. The topological polar surface area (TPSA) is 54.9 Å². The molecule has 0 radical (unpaired) electrons. The highest BCUT2D eigenvalue weighted by atomic mass is 16.1. The van der Waals surface area contributed by atoms with E-state index in [-0.39, 0.29) is 11.7 Å². The smallest absolute Gasteiger partial charge is 0.223 e. The van der Waals surface area contributed by atoms with Crippen LogP contribution in [0.5, 0.6) is 0 Å². The van der Waals surface area contributed by atoms with E-state index in [1.54, 1.807) is 0 Å². The largest absolute Gasteiger partial charge is 0.354 e. The predicted molar refractivity (Wildman–Crippen MR) is 76.4 cm³/mol. The van der Waals surface area contributed by atoms with Gasteiger partial charge < -0.3 is 5.32 Å². The standard InChI is InChI=1S/C15H23N3O/c1-4-16-15-17-11(3)9-13(18-15)14(19)12-7-5-6-10(2)8-12/h9-10,12H,4-8H2,1-3H3,(H,16,17,18). The summed E-state index contributed by atoms with van der Waals surface area (Å²) < 4.78 is 0. The number of hydrogen-bond donors (Lipinski definition) is 1. The molecule has 0 saturated heterocycles. The molecule has 1 aromatic heterocycles. The number of rotatable bonds is 4. The number of anilines is 1. The minimum Gasteiger partial charge on any atom is -0.354 e. The maximum absolute atomic E-state index is 12.5. The van der Waals surface area contributed by atoms with Gasteiger partial charge in [-0.25, -0.2) is 9.97 Å². The van der Waals surface area contributed by atoms with Crippen molar-refractivity contribution in [2.24, 2.45) is 11.8 Å². The van der Waals surface area contributed by atoms with E-state index in [1.165, 1.54) is 6.42 Å². The van der Waals surface area contributed by atoms with E-state index in [2.05, 4.69) is 22.2 Å². The fourth-order valence-corrected chi connectivity index (χ4v) is 2.81. The van der Waals surface area contributed by atoms with E-state index < -0.39 is 0 Å². The fourth-order valence-electron chi connectivity index (χ4n) is 2.81. The molecule has 2 unspecified atom stereocenters. The number of carbonyl (C=O) groups excluding carboxylic acids is 1. The molecule has 2 atom stereocenters. The zero-order chi connectivity index (χ0) is 13.8. The van der Waals surface area contributed by atoms with Gasteiger partial charge in [0.1, 0.15) is 5.69 Å². The number of hydrogen-bond acceptors (Lipinski definition) is 4. The molecule has 1 aliphatic rings. The highest BCUT2D eigenvalue weighted by molar-refractivity contribution is 5.96. The SMILES string of the molecule is CCNc1nc(C)cc(C(=O)C2CCCC(C)C2)n1. The maximum Gasteiger partial charge on any atom is 0.223 e. The van der Waals surface area contributed by atoms with Gasteiger partial charge in [-0.05, 0) is 38.7 Å². The van der Waals surface area contributed by atoms with Crippen LogP contribution in [-0.2, 0) is 0 Å². The van der Waals surface area contributed by atoms with E-state index in [0.717, 1.165) is 31.5 Å². The first-order chi connectivity index (χ1) is 9.10. The van der Waals surface area contributed by atoms with Gasteiger partial charge in [-0.2, -0.15) is 0 Å². The highest BCUT2D eigenvalue weighted by Crippen LogP contribution is 2.30. The van der Waals surface area contributed by atoms with Gasteiger partial charge in [0.15, 0.2) is 5.78 Å². The maximum atomic E-state index is 12.5. The van der Waals surface area contributed by atoms with Crippen molar-refractivity contribution < 1.29 is 4.79 Å². The molecule has 1 fully saturated rings. The lowest BCUT2D eigenvalue weighted by Gasteiger charge is -2.25. The van der Waals surface area contributed by atoms with Gasteiger partial charge in [0.05, 0.1) is 0 Å². The zero-order valence-corrected chi connectivity index (χ0v) is 12.1. The molecule has 0 aliphatic heterocycles. The van der Waals surface area contributed by atoms with E-state index in [4.69, 9.17) is 0 Å². The number of nitrogens with one attached hydrogen (secondary N) is 1. The second kappa shape index (κ2) is 6.13. The first-order valence-electron chi connectivity index (χ1n) is 7.24. The Labute approximate surface area is 115 Å². The Morgan fingerprint density at radius 1 is 1.42 bits per heavy atom. The third kappa shape index (κ3) is 3.52. The zero-order valence-electron chi connectivity index (χ0n) is 12.1. The van der Waals surface area contributed by atoms with E-state index in [9.17, 15) is 4.79 Å². The quantitative estimate of drug-likeness (QED) is 0.845. The second-order valence-electron chi connectivity index (χ2n) is 5.58. The van der Waals surface area contributed by atoms with Crippen LogP contribution in [0.4, 0.5) is 5.95 Å². The molecule has 0 aromatic carbocycles. The average molecular weight is 261 g/mol. The fraction of sp³-hybridized carbons (Fsp3) is 0.667. The molecule has 1 aliphatic carbocycles. The molecule has 1 heterocycles. The van der Waals surface area contributed by atoms with Crippen molar-refractivity contribution in [1.29, 1.82) is 0 Å². The van der Waals surface area contributed by atoms with Crippen molar-refractivity contribution in [3.63, 3.8) is 0 Å². The molecular formula is C15H23N3O. The third-order valence-corrected chi connectivity index (χ3v) is 3.75. The molecule has 2 rings (SSSR count). The minimum absolute atomic E-state index is 0.146. The lowest BCUT2D eigenvalue weighted by molar-refractivity contribution is 0.0863. The van der Waals surface area contributed by atoms with Gasteiger partial charge in [-0.15, -0.1) is 0 Å². The predicted octanol–water partition coefficient (Wildman–Crippen LogP) is 3.23. The second-order valence-corrected chi connectivity index (χ2v) is 5.58. The molecule has 4 heteroatoms. The molecule has 19 heavy (non-hydrogen) atoms. The summed E-state index contributed by atoms with van der Waals surface area (Å²) in [6.45, 7) is 6.89. The van der Waals surface area contributed by atoms with Crippen molar-refractivity contribution in [3.8, 4) is 0 Å². The lowest BCUT2D eigenvalue weighted by Crippen LogP contribution is -2.23. The van der Waals surface area contributed by atoms with Crippen LogP contribution in [0.3, 0.4) is 0 Å². The monoisotopic (exact) mass is 261 g/mol. The summed E-state index contributed by atoms with van der Waals surface area (Å²) >= 11 is 0. The van der Waals surface area contributed by atoms with Crippen molar-refractivity contribution in [2.75, 3.05) is 11.9 Å². The van der Waals surface area contributed by atoms with E-state index >= 15 is 0 Å².